The Balaban J connectivity index is 1.41. The van der Waals surface area contributed by atoms with Gasteiger partial charge < -0.3 is 10.2 Å². The number of hydrogen-bond acceptors (Lipinski definition) is 5. The summed E-state index contributed by atoms with van der Waals surface area (Å²) in [5, 5.41) is 2.98. The van der Waals surface area contributed by atoms with Crippen molar-refractivity contribution in [3.8, 4) is 11.3 Å². The first-order chi connectivity index (χ1) is 14.6. The molecule has 0 bridgehead atoms. The van der Waals surface area contributed by atoms with Crippen LogP contribution in [0.4, 0.5) is 5.69 Å². The summed E-state index contributed by atoms with van der Waals surface area (Å²) >= 11 is 2.28. The number of carbonyl (C=O) groups is 1. The molecule has 0 saturated carbocycles. The van der Waals surface area contributed by atoms with Crippen molar-refractivity contribution < 1.29 is 4.79 Å². The Labute approximate surface area is 190 Å². The molecule has 7 heteroatoms. The summed E-state index contributed by atoms with van der Waals surface area (Å²) in [7, 11) is 2.15. The Morgan fingerprint density at radius 1 is 1.07 bits per heavy atom. The molecule has 0 spiro atoms. The Bertz CT molecular complexity index is 1000. The van der Waals surface area contributed by atoms with Gasteiger partial charge in [0.1, 0.15) is 0 Å². The topological polar surface area (TPSA) is 61.4 Å². The number of amides is 1. The predicted molar refractivity (Wildman–Crippen MR) is 127 cm³/mol. The number of nitrogens with one attached hydrogen (secondary N) is 1. The maximum absolute atomic E-state index is 12.7. The maximum atomic E-state index is 12.7. The number of halogens is 1. The molecule has 0 aliphatic carbocycles. The lowest BCUT2D eigenvalue weighted by molar-refractivity contribution is 0.102. The van der Waals surface area contributed by atoms with Crippen molar-refractivity contribution in [2.45, 2.75) is 6.54 Å². The van der Waals surface area contributed by atoms with Gasteiger partial charge >= 0.3 is 0 Å². The van der Waals surface area contributed by atoms with Crippen LogP contribution in [-0.2, 0) is 6.54 Å². The van der Waals surface area contributed by atoms with Crippen LogP contribution in [0.5, 0.6) is 0 Å². The number of pyridine rings is 2. The van der Waals surface area contributed by atoms with Crippen LogP contribution in [0.1, 0.15) is 16.1 Å². The molecule has 1 saturated heterocycles. The molecule has 1 aromatic carbocycles. The highest BCUT2D eigenvalue weighted by Gasteiger charge is 2.15. The van der Waals surface area contributed by atoms with Crippen molar-refractivity contribution in [1.82, 2.24) is 19.8 Å². The summed E-state index contributed by atoms with van der Waals surface area (Å²) in [5.74, 6) is -0.165. The molecule has 154 valence electrons. The SMILES string of the molecule is CN1CCN(Cc2ccc(C(=O)Nc3ccc(I)c(-c4ccccn4)c3)cn2)CC1. The van der Waals surface area contributed by atoms with Gasteiger partial charge in [0, 0.05) is 59.9 Å². The van der Waals surface area contributed by atoms with Crippen molar-refractivity contribution in [1.29, 1.82) is 0 Å². The molecule has 0 unspecified atom stereocenters. The first-order valence-corrected chi connectivity index (χ1v) is 11.0. The molecule has 30 heavy (non-hydrogen) atoms. The van der Waals surface area contributed by atoms with Crippen LogP contribution >= 0.6 is 22.6 Å². The van der Waals surface area contributed by atoms with Crippen molar-refractivity contribution in [2.75, 3.05) is 38.5 Å². The van der Waals surface area contributed by atoms with Crippen LogP contribution < -0.4 is 5.32 Å². The van der Waals surface area contributed by atoms with Crippen molar-refractivity contribution in [2.24, 2.45) is 0 Å². The predicted octanol–water partition coefficient (Wildman–Crippen LogP) is 3.75. The smallest absolute Gasteiger partial charge is 0.257 e. The number of likely N-dealkylation sites (N-methyl/N-ethyl adjacent to an activating group) is 1. The first-order valence-electron chi connectivity index (χ1n) is 9.96. The van der Waals surface area contributed by atoms with E-state index in [0.717, 1.165) is 58.9 Å². The van der Waals surface area contributed by atoms with Crippen LogP contribution in [-0.4, -0.2) is 58.9 Å². The van der Waals surface area contributed by atoms with Gasteiger partial charge in [-0.3, -0.25) is 19.7 Å². The third kappa shape index (κ3) is 5.21. The van der Waals surface area contributed by atoms with Gasteiger partial charge in [0.15, 0.2) is 0 Å². The molecular weight excluding hydrogens is 489 g/mol. The fourth-order valence-corrected chi connectivity index (χ4v) is 4.02. The Hall–Kier alpha value is -2.36. The summed E-state index contributed by atoms with van der Waals surface area (Å²) in [6.07, 6.45) is 3.43. The van der Waals surface area contributed by atoms with Crippen LogP contribution in [0.2, 0.25) is 0 Å². The maximum Gasteiger partial charge on any atom is 0.257 e. The molecule has 1 aliphatic rings. The van der Waals surface area contributed by atoms with Gasteiger partial charge in [-0.25, -0.2) is 0 Å². The summed E-state index contributed by atoms with van der Waals surface area (Å²) in [6, 6.07) is 15.4. The molecule has 1 amide bonds. The number of rotatable bonds is 5. The molecule has 1 aliphatic heterocycles. The summed E-state index contributed by atoms with van der Waals surface area (Å²) in [6.45, 7) is 5.08. The average molecular weight is 513 g/mol. The zero-order valence-electron chi connectivity index (χ0n) is 16.9. The van der Waals surface area contributed by atoms with E-state index in [1.807, 2.05) is 48.5 Å². The van der Waals surface area contributed by atoms with Gasteiger partial charge in [-0.05, 0) is 72.1 Å². The highest BCUT2D eigenvalue weighted by atomic mass is 127. The Morgan fingerprint density at radius 2 is 1.90 bits per heavy atom. The number of aromatic nitrogens is 2. The highest BCUT2D eigenvalue weighted by molar-refractivity contribution is 14.1. The van der Waals surface area contributed by atoms with Gasteiger partial charge in [-0.2, -0.15) is 0 Å². The summed E-state index contributed by atoms with van der Waals surface area (Å²) < 4.78 is 1.08. The lowest BCUT2D eigenvalue weighted by atomic mass is 10.1. The fourth-order valence-electron chi connectivity index (χ4n) is 3.41. The van der Waals surface area contributed by atoms with Crippen LogP contribution in [0.25, 0.3) is 11.3 Å². The zero-order valence-corrected chi connectivity index (χ0v) is 19.0. The van der Waals surface area contributed by atoms with Crippen LogP contribution in [0.3, 0.4) is 0 Å². The van der Waals surface area contributed by atoms with E-state index in [4.69, 9.17) is 0 Å². The van der Waals surface area contributed by atoms with Gasteiger partial charge in [0.05, 0.1) is 17.0 Å². The quantitative estimate of drug-likeness (QED) is 0.527. The molecule has 3 aromatic rings. The molecule has 1 fully saturated rings. The van der Waals surface area contributed by atoms with E-state index in [-0.39, 0.29) is 5.91 Å². The van der Waals surface area contributed by atoms with Crippen LogP contribution in [0.15, 0.2) is 60.9 Å². The molecule has 6 nitrogen and oxygen atoms in total. The minimum atomic E-state index is -0.165. The number of anilines is 1. The van der Waals surface area contributed by atoms with E-state index in [2.05, 4.69) is 54.7 Å². The average Bonchev–Trinajstić information content (AvgIpc) is 2.78. The van der Waals surface area contributed by atoms with E-state index >= 15 is 0 Å². The molecule has 3 heterocycles. The van der Waals surface area contributed by atoms with Crippen molar-refractivity contribution >= 4 is 34.2 Å². The van der Waals surface area contributed by atoms with Gasteiger partial charge in [0.25, 0.3) is 5.91 Å². The molecular formula is C23H24IN5O. The van der Waals surface area contributed by atoms with E-state index in [0.29, 0.717) is 5.56 Å². The van der Waals surface area contributed by atoms with Crippen LogP contribution in [0, 0.1) is 3.57 Å². The lowest BCUT2D eigenvalue weighted by Crippen LogP contribution is -2.44. The van der Waals surface area contributed by atoms with Gasteiger partial charge in [-0.15, -0.1) is 0 Å². The monoisotopic (exact) mass is 513 g/mol. The minimum absolute atomic E-state index is 0.165. The second-order valence-corrected chi connectivity index (χ2v) is 8.64. The number of benzene rings is 1. The molecule has 0 atom stereocenters. The highest BCUT2D eigenvalue weighted by Crippen LogP contribution is 2.27. The zero-order chi connectivity index (χ0) is 20.9. The first kappa shape index (κ1) is 20.9. The standard InChI is InChI=1S/C23H24IN5O/c1-28-10-12-29(13-11-28)16-19-6-5-17(15-26-19)23(30)27-18-7-8-21(24)20(14-18)22-4-2-3-9-25-22/h2-9,14-15H,10-13,16H2,1H3,(H,27,30). The van der Waals surface area contributed by atoms with Crippen molar-refractivity contribution in [3.05, 3.63) is 75.8 Å². The van der Waals surface area contributed by atoms with Gasteiger partial charge in [0.2, 0.25) is 0 Å². The number of piperazine rings is 1. The second-order valence-electron chi connectivity index (χ2n) is 7.48. The van der Waals surface area contributed by atoms with E-state index in [1.54, 1.807) is 12.4 Å². The third-order valence-electron chi connectivity index (χ3n) is 5.23. The second kappa shape index (κ2) is 9.63. The van der Waals surface area contributed by atoms with E-state index in [9.17, 15) is 4.79 Å². The number of carbonyl (C=O) groups excluding carboxylic acids is 1. The fraction of sp³-hybridized carbons (Fsp3) is 0.261. The van der Waals surface area contributed by atoms with E-state index < -0.39 is 0 Å². The third-order valence-corrected chi connectivity index (χ3v) is 6.17. The molecule has 2 aromatic heterocycles. The minimum Gasteiger partial charge on any atom is -0.322 e. The molecule has 0 radical (unpaired) electrons. The Kier molecular flexibility index (Phi) is 6.71. The Morgan fingerprint density at radius 3 is 2.60 bits per heavy atom. The lowest BCUT2D eigenvalue weighted by Gasteiger charge is -2.32. The summed E-state index contributed by atoms with van der Waals surface area (Å²) in [4.78, 5) is 26.4. The normalized spacial score (nSPS) is 15.1. The number of nitrogens with zero attached hydrogens (tertiary/aromatic N) is 4. The number of hydrogen-bond donors (Lipinski definition) is 1. The molecule has 4 rings (SSSR count). The van der Waals surface area contributed by atoms with Gasteiger partial charge in [-0.1, -0.05) is 6.07 Å². The summed E-state index contributed by atoms with van der Waals surface area (Å²) in [5.41, 5.74) is 4.16. The van der Waals surface area contributed by atoms with E-state index in [1.165, 1.54) is 0 Å². The largest absolute Gasteiger partial charge is 0.322 e. The molecule has 1 N–H and O–H groups in total. The van der Waals surface area contributed by atoms with Crippen molar-refractivity contribution in [3.63, 3.8) is 0 Å².